The lowest BCUT2D eigenvalue weighted by molar-refractivity contribution is -0.135. The molecule has 2 aromatic heterocycles. The highest BCUT2D eigenvalue weighted by Crippen LogP contribution is 2.50. The second kappa shape index (κ2) is 7.48. The highest BCUT2D eigenvalue weighted by Gasteiger charge is 2.54. The Bertz CT molecular complexity index is 1180. The van der Waals surface area contributed by atoms with Crippen LogP contribution in [-0.4, -0.2) is 45.8 Å². The van der Waals surface area contributed by atoms with E-state index in [9.17, 15) is 4.79 Å². The summed E-state index contributed by atoms with van der Waals surface area (Å²) in [6.07, 6.45) is 5.97. The zero-order chi connectivity index (χ0) is 22.6. The molecule has 3 aromatic rings. The molecule has 3 aliphatic heterocycles. The molecule has 0 unspecified atom stereocenters. The summed E-state index contributed by atoms with van der Waals surface area (Å²) in [5, 5.41) is 7.82. The van der Waals surface area contributed by atoms with E-state index in [1.807, 2.05) is 18.7 Å². The maximum atomic E-state index is 12.9. The predicted molar refractivity (Wildman–Crippen MR) is 124 cm³/mol. The summed E-state index contributed by atoms with van der Waals surface area (Å²) in [5.74, 6) is 1.02. The zero-order valence-corrected chi connectivity index (χ0v) is 19.3. The van der Waals surface area contributed by atoms with Gasteiger partial charge in [-0.3, -0.25) is 4.79 Å². The van der Waals surface area contributed by atoms with Gasteiger partial charge in [-0.15, -0.1) is 0 Å². The van der Waals surface area contributed by atoms with Gasteiger partial charge in [-0.05, 0) is 57.4 Å². The average Bonchev–Trinajstić information content (AvgIpc) is 3.53. The number of para-hydroxylation sites is 2. The SMILES string of the molecule is Cc1noc(C)c1CCC(=O)N1CCC2(CC1)C[C@@]1(CO2)Nc2ccccc2-n2cccc21. The summed E-state index contributed by atoms with van der Waals surface area (Å²) in [7, 11) is 0. The van der Waals surface area contributed by atoms with Crippen LogP contribution in [0, 0.1) is 13.8 Å². The minimum absolute atomic E-state index is 0.188. The first-order valence-corrected chi connectivity index (χ1v) is 11.9. The third-order valence-corrected chi connectivity index (χ3v) is 7.82. The predicted octanol–water partition coefficient (Wildman–Crippen LogP) is 4.12. The van der Waals surface area contributed by atoms with Gasteiger partial charge in [0.1, 0.15) is 11.3 Å². The molecule has 2 spiro atoms. The van der Waals surface area contributed by atoms with E-state index in [1.54, 1.807) is 0 Å². The number of piperidine rings is 1. The number of fused-ring (bicyclic) bond motifs is 4. The van der Waals surface area contributed by atoms with E-state index in [2.05, 4.69) is 57.6 Å². The van der Waals surface area contributed by atoms with Crippen LogP contribution in [0.25, 0.3) is 5.69 Å². The number of amides is 1. The van der Waals surface area contributed by atoms with Crippen LogP contribution >= 0.6 is 0 Å². The highest BCUT2D eigenvalue weighted by molar-refractivity contribution is 5.76. The normalized spacial score (nSPS) is 22.9. The fraction of sp³-hybridized carbons (Fsp3) is 0.462. The number of carbonyl (C=O) groups is 1. The minimum Gasteiger partial charge on any atom is -0.372 e. The third kappa shape index (κ3) is 3.29. The molecule has 1 amide bonds. The van der Waals surface area contributed by atoms with E-state index in [0.29, 0.717) is 19.4 Å². The molecule has 3 aliphatic rings. The van der Waals surface area contributed by atoms with Gasteiger partial charge in [0, 0.05) is 37.7 Å². The third-order valence-electron chi connectivity index (χ3n) is 7.82. The molecular weight excluding hydrogens is 416 g/mol. The van der Waals surface area contributed by atoms with E-state index in [0.717, 1.165) is 55.1 Å². The van der Waals surface area contributed by atoms with Crippen LogP contribution in [0.2, 0.25) is 0 Å². The van der Waals surface area contributed by atoms with Crippen molar-refractivity contribution in [2.75, 3.05) is 25.0 Å². The number of benzene rings is 1. The molecule has 0 saturated carbocycles. The summed E-state index contributed by atoms with van der Waals surface area (Å²) < 4.78 is 14.1. The smallest absolute Gasteiger partial charge is 0.222 e. The standard InChI is InChI=1S/C26H30N4O3/c1-18-20(19(2)33-28-18)9-10-24(31)29-14-11-25(12-15-29)16-26(17-32-25)23-8-5-13-30(23)22-7-4-3-6-21(22)27-26/h3-8,13,27H,9-12,14-17H2,1-2H3/t26-/m0/s1. The van der Waals surface area contributed by atoms with Gasteiger partial charge in [0.25, 0.3) is 0 Å². The number of rotatable bonds is 3. The van der Waals surface area contributed by atoms with Crippen molar-refractivity contribution in [3.8, 4) is 5.69 Å². The lowest BCUT2D eigenvalue weighted by Gasteiger charge is -2.41. The number of carbonyl (C=O) groups excluding carboxylic acids is 1. The van der Waals surface area contributed by atoms with Crippen LogP contribution in [0.1, 0.15) is 48.4 Å². The van der Waals surface area contributed by atoms with Crippen LogP contribution < -0.4 is 5.32 Å². The van der Waals surface area contributed by atoms with Crippen molar-refractivity contribution in [3.05, 3.63) is 65.3 Å². The topological polar surface area (TPSA) is 72.5 Å². The number of ether oxygens (including phenoxy) is 1. The first kappa shape index (κ1) is 20.5. The second-order valence-corrected chi connectivity index (χ2v) is 9.82. The zero-order valence-electron chi connectivity index (χ0n) is 19.3. The molecule has 2 fully saturated rings. The number of hydrogen-bond donors (Lipinski definition) is 1. The monoisotopic (exact) mass is 446 g/mol. The van der Waals surface area contributed by atoms with Crippen molar-refractivity contribution in [2.45, 2.75) is 57.1 Å². The first-order valence-electron chi connectivity index (χ1n) is 11.9. The molecule has 1 aromatic carbocycles. The highest BCUT2D eigenvalue weighted by atomic mass is 16.5. The van der Waals surface area contributed by atoms with Crippen LogP contribution in [0.5, 0.6) is 0 Å². The summed E-state index contributed by atoms with van der Waals surface area (Å²) in [4.78, 5) is 14.9. The minimum atomic E-state index is -0.229. The van der Waals surface area contributed by atoms with E-state index in [1.165, 1.54) is 11.4 Å². The van der Waals surface area contributed by atoms with Crippen molar-refractivity contribution < 1.29 is 14.1 Å². The number of aromatic nitrogens is 2. The molecule has 5 heterocycles. The van der Waals surface area contributed by atoms with Gasteiger partial charge in [0.15, 0.2) is 0 Å². The lowest BCUT2D eigenvalue weighted by atomic mass is 9.79. The van der Waals surface area contributed by atoms with Crippen LogP contribution in [0.3, 0.4) is 0 Å². The maximum Gasteiger partial charge on any atom is 0.222 e. The Balaban J connectivity index is 1.13. The Morgan fingerprint density at radius 2 is 1.97 bits per heavy atom. The number of anilines is 1. The molecule has 0 aliphatic carbocycles. The van der Waals surface area contributed by atoms with Crippen molar-refractivity contribution >= 4 is 11.6 Å². The van der Waals surface area contributed by atoms with Crippen LogP contribution in [0.4, 0.5) is 5.69 Å². The second-order valence-electron chi connectivity index (χ2n) is 9.82. The molecule has 0 bridgehead atoms. The fourth-order valence-corrected chi connectivity index (χ4v) is 6.00. The number of likely N-dealkylation sites (tertiary alicyclic amines) is 1. The average molecular weight is 447 g/mol. The number of nitrogens with zero attached hydrogens (tertiary/aromatic N) is 3. The van der Waals surface area contributed by atoms with Gasteiger partial charge >= 0.3 is 0 Å². The Morgan fingerprint density at radius 1 is 1.15 bits per heavy atom. The van der Waals surface area contributed by atoms with Gasteiger partial charge in [-0.2, -0.15) is 0 Å². The fourth-order valence-electron chi connectivity index (χ4n) is 6.00. The van der Waals surface area contributed by atoms with Gasteiger partial charge in [0.05, 0.1) is 35.0 Å². The summed E-state index contributed by atoms with van der Waals surface area (Å²) in [6.45, 7) is 5.97. The quantitative estimate of drug-likeness (QED) is 0.655. The lowest BCUT2D eigenvalue weighted by Crippen LogP contribution is -2.48. The Labute approximate surface area is 193 Å². The molecule has 7 heteroatoms. The van der Waals surface area contributed by atoms with Crippen LogP contribution in [0.15, 0.2) is 47.1 Å². The Hall–Kier alpha value is -3.06. The van der Waals surface area contributed by atoms with Crippen molar-refractivity contribution in [1.82, 2.24) is 14.6 Å². The van der Waals surface area contributed by atoms with Gasteiger partial charge in [-0.25, -0.2) is 0 Å². The summed E-state index contributed by atoms with van der Waals surface area (Å²) in [6, 6.07) is 12.8. The van der Waals surface area contributed by atoms with E-state index < -0.39 is 0 Å². The Morgan fingerprint density at radius 3 is 2.76 bits per heavy atom. The molecule has 2 saturated heterocycles. The van der Waals surface area contributed by atoms with E-state index in [-0.39, 0.29) is 17.0 Å². The molecule has 172 valence electrons. The van der Waals surface area contributed by atoms with Gasteiger partial charge < -0.3 is 24.0 Å². The maximum absolute atomic E-state index is 12.9. The number of hydrogen-bond acceptors (Lipinski definition) is 5. The van der Waals surface area contributed by atoms with Crippen molar-refractivity contribution in [1.29, 1.82) is 0 Å². The largest absolute Gasteiger partial charge is 0.372 e. The first-order chi connectivity index (χ1) is 16.0. The Kier molecular flexibility index (Phi) is 4.66. The molecule has 0 radical (unpaired) electrons. The van der Waals surface area contributed by atoms with Crippen molar-refractivity contribution in [2.24, 2.45) is 0 Å². The van der Waals surface area contributed by atoms with Crippen molar-refractivity contribution in [3.63, 3.8) is 0 Å². The molecular formula is C26H30N4O3. The number of aryl methyl sites for hydroxylation is 2. The van der Waals surface area contributed by atoms with Gasteiger partial charge in [-0.1, -0.05) is 17.3 Å². The summed E-state index contributed by atoms with van der Waals surface area (Å²) in [5.41, 5.74) is 5.12. The molecule has 33 heavy (non-hydrogen) atoms. The molecule has 1 atom stereocenters. The van der Waals surface area contributed by atoms with E-state index in [4.69, 9.17) is 9.26 Å². The number of nitrogens with one attached hydrogen (secondary N) is 1. The van der Waals surface area contributed by atoms with Gasteiger partial charge in [0.2, 0.25) is 5.91 Å². The summed E-state index contributed by atoms with van der Waals surface area (Å²) >= 11 is 0. The molecule has 7 nitrogen and oxygen atoms in total. The van der Waals surface area contributed by atoms with Crippen LogP contribution in [-0.2, 0) is 21.5 Å². The van der Waals surface area contributed by atoms with E-state index >= 15 is 0 Å². The molecule has 1 N–H and O–H groups in total. The molecule has 6 rings (SSSR count).